The monoisotopic (exact) mass is 302 g/mol. The van der Waals surface area contributed by atoms with Crippen LogP contribution in [0.3, 0.4) is 0 Å². The molecular formula is C12H16BrFN2O. The normalized spacial score (nSPS) is 12.1. The molecule has 0 aliphatic carbocycles. The van der Waals surface area contributed by atoms with Gasteiger partial charge in [-0.2, -0.15) is 0 Å². The van der Waals surface area contributed by atoms with Crippen molar-refractivity contribution in [2.45, 2.75) is 12.8 Å². The predicted molar refractivity (Wildman–Crippen MR) is 71.2 cm³/mol. The first-order valence-electron chi connectivity index (χ1n) is 5.29. The molecule has 0 radical (unpaired) electrons. The van der Waals surface area contributed by atoms with E-state index >= 15 is 0 Å². The average Bonchev–Trinajstić information content (AvgIpc) is 2.28. The van der Waals surface area contributed by atoms with Crippen molar-refractivity contribution in [2.24, 2.45) is 0 Å². The van der Waals surface area contributed by atoms with Crippen molar-refractivity contribution in [2.75, 3.05) is 26.1 Å². The van der Waals surface area contributed by atoms with Crippen LogP contribution in [0.15, 0.2) is 22.7 Å². The van der Waals surface area contributed by atoms with Crippen molar-refractivity contribution in [3.8, 4) is 0 Å². The first-order valence-corrected chi connectivity index (χ1v) is 6.08. The van der Waals surface area contributed by atoms with Crippen LogP contribution in [0.1, 0.15) is 18.4 Å². The lowest BCUT2D eigenvalue weighted by molar-refractivity contribution is 0.230. The molecule has 1 unspecified atom stereocenters. The highest BCUT2D eigenvalue weighted by molar-refractivity contribution is 9.10. The fourth-order valence-corrected chi connectivity index (χ4v) is 2.09. The Morgan fingerprint density at radius 2 is 2.18 bits per heavy atom. The van der Waals surface area contributed by atoms with Gasteiger partial charge in [-0.1, -0.05) is 28.9 Å². The molecular weight excluding hydrogens is 287 g/mol. The zero-order valence-electron chi connectivity index (χ0n) is 10.1. The molecule has 0 fully saturated rings. The highest BCUT2D eigenvalue weighted by Gasteiger charge is 2.11. The molecule has 0 aliphatic heterocycles. The van der Waals surface area contributed by atoms with Gasteiger partial charge in [-0.05, 0) is 17.7 Å². The molecule has 1 atom stereocenters. The number of hydrogen-bond acceptors (Lipinski definition) is 1. The number of urea groups is 1. The van der Waals surface area contributed by atoms with Crippen LogP contribution in [0.2, 0.25) is 0 Å². The van der Waals surface area contributed by atoms with Crippen molar-refractivity contribution >= 4 is 27.6 Å². The van der Waals surface area contributed by atoms with Crippen molar-refractivity contribution in [1.82, 2.24) is 4.90 Å². The zero-order chi connectivity index (χ0) is 13.0. The third-order valence-corrected chi connectivity index (χ3v) is 3.11. The fraction of sp³-hybridized carbons (Fsp3) is 0.417. The second-order valence-corrected chi connectivity index (χ2v) is 4.97. The summed E-state index contributed by atoms with van der Waals surface area (Å²) in [4.78, 5) is 12.9. The van der Waals surface area contributed by atoms with E-state index in [1.54, 1.807) is 26.2 Å². The van der Waals surface area contributed by atoms with Gasteiger partial charge in [0.2, 0.25) is 0 Å². The summed E-state index contributed by atoms with van der Waals surface area (Å²) >= 11 is 3.38. The molecule has 2 amide bonds. The Morgan fingerprint density at radius 3 is 2.65 bits per heavy atom. The number of benzene rings is 1. The number of anilines is 1. The summed E-state index contributed by atoms with van der Waals surface area (Å²) in [6.45, 7) is 1.42. The van der Waals surface area contributed by atoms with Crippen LogP contribution in [0.4, 0.5) is 14.9 Å². The van der Waals surface area contributed by atoms with Crippen LogP contribution < -0.4 is 5.32 Å². The summed E-state index contributed by atoms with van der Waals surface area (Å²) < 4.78 is 13.4. The lowest BCUT2D eigenvalue weighted by Crippen LogP contribution is -2.27. The molecule has 17 heavy (non-hydrogen) atoms. The number of carbonyl (C=O) groups excluding carboxylic acids is 1. The van der Waals surface area contributed by atoms with Gasteiger partial charge in [0.1, 0.15) is 0 Å². The summed E-state index contributed by atoms with van der Waals surface area (Å²) in [7, 11) is 3.34. The topological polar surface area (TPSA) is 32.3 Å². The molecule has 94 valence electrons. The first kappa shape index (κ1) is 14.0. The molecule has 1 rings (SSSR count). The molecule has 0 aromatic heterocycles. The Hall–Kier alpha value is -1.10. The molecule has 3 nitrogen and oxygen atoms in total. The minimum atomic E-state index is -0.401. The first-order chi connectivity index (χ1) is 7.95. The standard InChI is InChI=1S/C12H16BrFN2O/c1-8(7-14)10-5-4-9(6-11(10)13)15-12(17)16(2)3/h4-6,8H,7H2,1-3H3,(H,15,17). The maximum absolute atomic E-state index is 12.6. The SMILES string of the molecule is CC(CF)c1ccc(NC(=O)N(C)C)cc1Br. The number of nitrogens with zero attached hydrogens (tertiary/aromatic N) is 1. The van der Waals surface area contributed by atoms with E-state index in [2.05, 4.69) is 21.2 Å². The van der Waals surface area contributed by atoms with Crippen LogP contribution in [-0.4, -0.2) is 31.7 Å². The van der Waals surface area contributed by atoms with Crippen LogP contribution in [0.25, 0.3) is 0 Å². The van der Waals surface area contributed by atoms with Crippen molar-refractivity contribution in [1.29, 1.82) is 0 Å². The van der Waals surface area contributed by atoms with Crippen molar-refractivity contribution in [3.63, 3.8) is 0 Å². The van der Waals surface area contributed by atoms with Gasteiger partial charge in [0.25, 0.3) is 0 Å². The number of carbonyl (C=O) groups is 1. The highest BCUT2D eigenvalue weighted by Crippen LogP contribution is 2.28. The van der Waals surface area contributed by atoms with Gasteiger partial charge < -0.3 is 10.2 Å². The average molecular weight is 303 g/mol. The van der Waals surface area contributed by atoms with Gasteiger partial charge in [0.15, 0.2) is 0 Å². The van der Waals surface area contributed by atoms with E-state index in [1.807, 2.05) is 13.0 Å². The Kier molecular flexibility index (Phi) is 4.93. The van der Waals surface area contributed by atoms with Gasteiger partial charge >= 0.3 is 6.03 Å². The molecule has 0 saturated carbocycles. The summed E-state index contributed by atoms with van der Waals surface area (Å²) in [5, 5.41) is 2.73. The van der Waals surface area contributed by atoms with Crippen LogP contribution >= 0.6 is 15.9 Å². The van der Waals surface area contributed by atoms with Gasteiger partial charge in [-0.3, -0.25) is 4.39 Å². The van der Waals surface area contributed by atoms with Crippen molar-refractivity contribution < 1.29 is 9.18 Å². The maximum atomic E-state index is 12.6. The lowest BCUT2D eigenvalue weighted by atomic mass is 10.0. The molecule has 0 heterocycles. The van der Waals surface area contributed by atoms with Crippen LogP contribution in [0, 0.1) is 0 Å². The quantitative estimate of drug-likeness (QED) is 0.909. The number of alkyl halides is 1. The molecule has 0 spiro atoms. The number of amides is 2. The van der Waals surface area contributed by atoms with E-state index in [1.165, 1.54) is 4.90 Å². The van der Waals surface area contributed by atoms with Crippen molar-refractivity contribution in [3.05, 3.63) is 28.2 Å². The number of halogens is 2. The van der Waals surface area contributed by atoms with E-state index < -0.39 is 6.67 Å². The third kappa shape index (κ3) is 3.70. The van der Waals surface area contributed by atoms with Crippen LogP contribution in [0.5, 0.6) is 0 Å². The fourth-order valence-electron chi connectivity index (χ4n) is 1.32. The third-order valence-electron chi connectivity index (χ3n) is 2.42. The smallest absolute Gasteiger partial charge is 0.321 e. The maximum Gasteiger partial charge on any atom is 0.321 e. The van der Waals surface area contributed by atoms with E-state index in [9.17, 15) is 9.18 Å². The summed E-state index contributed by atoms with van der Waals surface area (Å²) in [5.41, 5.74) is 1.58. The lowest BCUT2D eigenvalue weighted by Gasteiger charge is -2.14. The van der Waals surface area contributed by atoms with Crippen LogP contribution in [-0.2, 0) is 0 Å². The highest BCUT2D eigenvalue weighted by atomic mass is 79.9. The zero-order valence-corrected chi connectivity index (χ0v) is 11.7. The molecule has 1 aromatic rings. The predicted octanol–water partition coefficient (Wildman–Crippen LogP) is 3.62. The molecule has 1 N–H and O–H groups in total. The Morgan fingerprint density at radius 1 is 1.53 bits per heavy atom. The second-order valence-electron chi connectivity index (χ2n) is 4.12. The molecule has 5 heteroatoms. The van der Waals surface area contributed by atoms with E-state index in [-0.39, 0.29) is 11.9 Å². The van der Waals surface area contributed by atoms with Gasteiger partial charge in [0.05, 0.1) is 6.67 Å². The van der Waals surface area contributed by atoms with E-state index in [0.29, 0.717) is 5.69 Å². The number of rotatable bonds is 3. The summed E-state index contributed by atoms with van der Waals surface area (Å²) in [6.07, 6.45) is 0. The van der Waals surface area contributed by atoms with E-state index in [0.717, 1.165) is 10.0 Å². The minimum Gasteiger partial charge on any atom is -0.331 e. The van der Waals surface area contributed by atoms with Gasteiger partial charge in [-0.25, -0.2) is 4.79 Å². The molecule has 0 bridgehead atoms. The largest absolute Gasteiger partial charge is 0.331 e. The Labute approximate surface area is 109 Å². The summed E-state index contributed by atoms with van der Waals surface area (Å²) in [6, 6.07) is 5.18. The van der Waals surface area contributed by atoms with E-state index in [4.69, 9.17) is 0 Å². The van der Waals surface area contributed by atoms with Gasteiger partial charge in [0, 0.05) is 30.2 Å². The number of hydrogen-bond donors (Lipinski definition) is 1. The Bertz CT molecular complexity index is 409. The molecule has 0 saturated heterocycles. The van der Waals surface area contributed by atoms with Gasteiger partial charge in [-0.15, -0.1) is 0 Å². The number of nitrogens with one attached hydrogen (secondary N) is 1. The minimum absolute atomic E-state index is 0.150. The molecule has 1 aromatic carbocycles. The molecule has 0 aliphatic rings. The summed E-state index contributed by atoms with van der Waals surface area (Å²) in [5.74, 6) is -0.150. The second kappa shape index (κ2) is 6.00. The Balaban J connectivity index is 2.86.